The molecule has 1 unspecified atom stereocenters. The van der Waals surface area contributed by atoms with Crippen molar-refractivity contribution in [3.05, 3.63) is 54.5 Å². The number of rotatable bonds is 13. The molecule has 3 aromatic rings. The quantitative estimate of drug-likeness (QED) is 0.164. The van der Waals surface area contributed by atoms with Gasteiger partial charge in [0.1, 0.15) is 48.0 Å². The molecule has 6 atom stereocenters. The van der Waals surface area contributed by atoms with E-state index in [2.05, 4.69) is 15.2 Å². The summed E-state index contributed by atoms with van der Waals surface area (Å²) in [7, 11) is -4.32. The van der Waals surface area contributed by atoms with E-state index in [1.54, 1.807) is 36.4 Å². The van der Waals surface area contributed by atoms with Crippen molar-refractivity contribution in [3.63, 3.8) is 0 Å². The van der Waals surface area contributed by atoms with Crippen LogP contribution in [0, 0.1) is 17.2 Å². The molecule has 0 bridgehead atoms. The number of nitriles is 1. The molecule has 2 aromatic heterocycles. The maximum atomic E-state index is 13.9. The van der Waals surface area contributed by atoms with Crippen molar-refractivity contribution in [2.75, 3.05) is 18.9 Å². The molecule has 3 heterocycles. The molecule has 1 aromatic carbocycles. The van der Waals surface area contributed by atoms with Gasteiger partial charge < -0.3 is 29.9 Å². The summed E-state index contributed by atoms with van der Waals surface area (Å²) in [5, 5.41) is 38.7. The van der Waals surface area contributed by atoms with E-state index in [1.807, 2.05) is 19.9 Å². The Balaban J connectivity index is 1.53. The summed E-state index contributed by atoms with van der Waals surface area (Å²) in [6.45, 7) is 5.08. The molecule has 5 N–H and O–H groups in total. The standard InChI is InChI=1S/C27H35N6O8P/c1-4-18(5-2)13-38-26(36)17(3)32-42(37,41-19-9-7-6-8-10-19)39-14-21-23(34)24(35)27(15-28,40-21)22-12-11-20-25(29)30-16-31-33(20)22/h6-12,16-18,21,23-24,34-35H,4-5,13-14H2,1-3H3,(H,32,37)(H2,29,30,31)/t17-,21?,23+,24+,27-,42-/m0/s1. The monoisotopic (exact) mass is 602 g/mol. The summed E-state index contributed by atoms with van der Waals surface area (Å²) in [6.07, 6.45) is -1.87. The first-order valence-electron chi connectivity index (χ1n) is 13.5. The van der Waals surface area contributed by atoms with Gasteiger partial charge in [0, 0.05) is 0 Å². The highest BCUT2D eigenvalue weighted by Crippen LogP contribution is 2.47. The number of aliphatic hydroxyl groups excluding tert-OH is 2. The first-order chi connectivity index (χ1) is 20.1. The number of nitrogens with zero attached hydrogens (tertiary/aromatic N) is 4. The number of aromatic nitrogens is 3. The smallest absolute Gasteiger partial charge is 0.459 e. The van der Waals surface area contributed by atoms with Gasteiger partial charge >= 0.3 is 13.7 Å². The maximum absolute atomic E-state index is 13.9. The lowest BCUT2D eigenvalue weighted by Gasteiger charge is -2.25. The number of carbonyl (C=O) groups excluding carboxylic acids is 1. The molecule has 14 nitrogen and oxygen atoms in total. The van der Waals surface area contributed by atoms with Crippen LogP contribution in [-0.4, -0.2) is 68.3 Å². The number of fused-ring (bicyclic) bond motifs is 1. The molecule has 1 fully saturated rings. The number of aliphatic hydroxyl groups is 2. The van der Waals surface area contributed by atoms with Gasteiger partial charge in [-0.25, -0.2) is 14.1 Å². The number of carbonyl (C=O) groups is 1. The molecule has 226 valence electrons. The van der Waals surface area contributed by atoms with Gasteiger partial charge in [0.05, 0.1) is 18.9 Å². The molecule has 0 radical (unpaired) electrons. The summed E-state index contributed by atoms with van der Waals surface area (Å²) < 4.78 is 37.8. The molecule has 4 rings (SSSR count). The number of benzene rings is 1. The van der Waals surface area contributed by atoms with Crippen molar-refractivity contribution in [3.8, 4) is 11.8 Å². The van der Waals surface area contributed by atoms with E-state index < -0.39 is 50.3 Å². The first kappa shape index (κ1) is 31.4. The second-order valence-corrected chi connectivity index (χ2v) is 11.7. The van der Waals surface area contributed by atoms with Crippen LogP contribution in [0.4, 0.5) is 5.82 Å². The average Bonchev–Trinajstić information content (AvgIpc) is 3.53. The van der Waals surface area contributed by atoms with E-state index in [4.69, 9.17) is 24.3 Å². The number of nitrogens with two attached hydrogens (primary N) is 1. The van der Waals surface area contributed by atoms with Crippen molar-refractivity contribution < 1.29 is 38.1 Å². The highest BCUT2D eigenvalue weighted by atomic mass is 31.2. The van der Waals surface area contributed by atoms with Crippen LogP contribution in [0.2, 0.25) is 0 Å². The van der Waals surface area contributed by atoms with Crippen LogP contribution >= 0.6 is 7.75 Å². The fraction of sp³-hybridized carbons (Fsp3) is 0.481. The van der Waals surface area contributed by atoms with Crippen LogP contribution < -0.4 is 15.3 Å². The van der Waals surface area contributed by atoms with Gasteiger partial charge in [-0.1, -0.05) is 44.9 Å². The van der Waals surface area contributed by atoms with E-state index >= 15 is 0 Å². The zero-order chi connectivity index (χ0) is 30.5. The molecule has 1 aliphatic heterocycles. The molecule has 0 aliphatic carbocycles. The van der Waals surface area contributed by atoms with Gasteiger partial charge in [0.25, 0.3) is 0 Å². The van der Waals surface area contributed by atoms with Crippen molar-refractivity contribution in [2.45, 2.75) is 63.6 Å². The van der Waals surface area contributed by atoms with E-state index in [0.29, 0.717) is 5.52 Å². The number of hydrogen-bond donors (Lipinski definition) is 4. The molecule has 0 amide bonds. The number of ether oxygens (including phenoxy) is 2. The van der Waals surface area contributed by atoms with Crippen LogP contribution in [0.3, 0.4) is 0 Å². The lowest BCUT2D eigenvalue weighted by atomic mass is 9.92. The fourth-order valence-electron chi connectivity index (χ4n) is 4.57. The number of nitrogens with one attached hydrogen (secondary N) is 1. The second-order valence-electron chi connectivity index (χ2n) is 9.96. The predicted molar refractivity (Wildman–Crippen MR) is 150 cm³/mol. The summed E-state index contributed by atoms with van der Waals surface area (Å²) >= 11 is 0. The Morgan fingerprint density at radius 1 is 1.26 bits per heavy atom. The number of anilines is 1. The van der Waals surface area contributed by atoms with E-state index in [-0.39, 0.29) is 29.8 Å². The van der Waals surface area contributed by atoms with Gasteiger partial charge in [-0.3, -0.25) is 9.32 Å². The largest absolute Gasteiger partial charge is 0.464 e. The Morgan fingerprint density at radius 2 is 1.98 bits per heavy atom. The lowest BCUT2D eigenvalue weighted by Crippen LogP contribution is -2.41. The van der Waals surface area contributed by atoms with Crippen molar-refractivity contribution in [1.29, 1.82) is 5.26 Å². The Hall–Kier alpha value is -3.57. The van der Waals surface area contributed by atoms with Crippen LogP contribution in [0.1, 0.15) is 39.3 Å². The average molecular weight is 603 g/mol. The highest BCUT2D eigenvalue weighted by molar-refractivity contribution is 7.52. The van der Waals surface area contributed by atoms with Crippen LogP contribution in [0.5, 0.6) is 5.75 Å². The van der Waals surface area contributed by atoms with Crippen LogP contribution in [0.25, 0.3) is 5.52 Å². The Labute approximate surface area is 242 Å². The third kappa shape index (κ3) is 6.42. The molecule has 0 spiro atoms. The molecule has 1 aliphatic rings. The molecule has 0 saturated carbocycles. The normalized spacial score (nSPS) is 24.3. The Bertz CT molecular complexity index is 1460. The third-order valence-corrected chi connectivity index (χ3v) is 8.83. The molecule has 15 heteroatoms. The highest BCUT2D eigenvalue weighted by Gasteiger charge is 2.58. The fourth-order valence-corrected chi connectivity index (χ4v) is 6.07. The molecule has 1 saturated heterocycles. The summed E-state index contributed by atoms with van der Waals surface area (Å²) in [6, 6.07) is 12.0. The van der Waals surface area contributed by atoms with Gasteiger partial charge in [0.2, 0.25) is 5.60 Å². The van der Waals surface area contributed by atoms with E-state index in [0.717, 1.165) is 12.8 Å². The van der Waals surface area contributed by atoms with Crippen molar-refractivity contribution >= 4 is 25.1 Å². The molecular weight excluding hydrogens is 567 g/mol. The van der Waals surface area contributed by atoms with Crippen molar-refractivity contribution in [2.24, 2.45) is 5.92 Å². The second kappa shape index (κ2) is 13.2. The summed E-state index contributed by atoms with van der Waals surface area (Å²) in [5.74, 6) is -0.143. The predicted octanol–water partition coefficient (Wildman–Crippen LogP) is 2.31. The lowest BCUT2D eigenvalue weighted by molar-refractivity contribution is -0.146. The molecular formula is C27H35N6O8P. The van der Waals surface area contributed by atoms with Gasteiger partial charge in [-0.2, -0.15) is 15.4 Å². The topological polar surface area (TPSA) is 204 Å². The number of hydrogen-bond acceptors (Lipinski definition) is 12. The van der Waals surface area contributed by atoms with Gasteiger partial charge in [-0.15, -0.1) is 0 Å². The van der Waals surface area contributed by atoms with Crippen molar-refractivity contribution in [1.82, 2.24) is 19.7 Å². The number of nitrogen functional groups attached to an aromatic ring is 1. The van der Waals surface area contributed by atoms with E-state index in [9.17, 15) is 24.8 Å². The van der Waals surface area contributed by atoms with Crippen LogP contribution in [-0.2, 0) is 29.0 Å². The van der Waals surface area contributed by atoms with Gasteiger partial charge in [-0.05, 0) is 37.1 Å². The minimum atomic E-state index is -4.32. The Kier molecular flexibility index (Phi) is 9.83. The van der Waals surface area contributed by atoms with E-state index in [1.165, 1.54) is 23.8 Å². The number of esters is 1. The third-order valence-electron chi connectivity index (χ3n) is 7.19. The summed E-state index contributed by atoms with van der Waals surface area (Å²) in [4.78, 5) is 16.6. The minimum Gasteiger partial charge on any atom is -0.464 e. The minimum absolute atomic E-state index is 0.0961. The Morgan fingerprint density at radius 3 is 2.64 bits per heavy atom. The number of para-hydroxylation sites is 1. The zero-order valence-corrected chi connectivity index (χ0v) is 24.4. The SMILES string of the molecule is CCC(CC)COC(=O)[C@H](C)N[P@](=O)(OCC1O[C@@](C#N)(c2ccc3c(N)ncnn23)[C@H](O)[C@@H]1O)Oc1ccccc1. The van der Waals surface area contributed by atoms with Gasteiger partial charge in [0.15, 0.2) is 5.82 Å². The molecule has 42 heavy (non-hydrogen) atoms. The van der Waals surface area contributed by atoms with Crippen LogP contribution in [0.15, 0.2) is 48.8 Å². The zero-order valence-electron chi connectivity index (χ0n) is 23.5. The summed E-state index contributed by atoms with van der Waals surface area (Å²) in [5.41, 5.74) is 4.28. The maximum Gasteiger partial charge on any atom is 0.459 e. The first-order valence-corrected chi connectivity index (χ1v) is 15.1.